The second kappa shape index (κ2) is 4.04. The Morgan fingerprint density at radius 3 is 2.59 bits per heavy atom. The molecule has 1 heterocycles. The van der Waals surface area contributed by atoms with Crippen molar-refractivity contribution in [2.24, 2.45) is 5.41 Å². The van der Waals surface area contributed by atoms with Crippen molar-refractivity contribution in [1.29, 1.82) is 10.5 Å². The predicted molar refractivity (Wildman–Crippen MR) is 63.0 cm³/mol. The number of nitrogens with zero attached hydrogens (tertiary/aromatic N) is 2. The molecule has 0 amide bonds. The molecule has 0 aliphatic carbocycles. The van der Waals surface area contributed by atoms with Crippen molar-refractivity contribution >= 4 is 11.6 Å². The highest BCUT2D eigenvalue weighted by atomic mass is 35.5. The van der Waals surface area contributed by atoms with Crippen molar-refractivity contribution in [1.82, 2.24) is 0 Å². The molecule has 0 spiro atoms. The number of hydrogen-bond donors (Lipinski definition) is 0. The van der Waals surface area contributed by atoms with Gasteiger partial charge in [0.1, 0.15) is 11.0 Å². The highest BCUT2D eigenvalue weighted by molar-refractivity contribution is 6.30. The van der Waals surface area contributed by atoms with Crippen LogP contribution in [0.15, 0.2) is 24.3 Å². The van der Waals surface area contributed by atoms with Crippen molar-refractivity contribution < 1.29 is 4.74 Å². The third-order valence-corrected chi connectivity index (χ3v) is 3.21. The molecule has 3 nitrogen and oxygen atoms in total. The molecule has 1 atom stereocenters. The van der Waals surface area contributed by atoms with E-state index in [0.29, 0.717) is 18.1 Å². The topological polar surface area (TPSA) is 60.1 Å². The molecule has 0 saturated carbocycles. The SMILES string of the molecule is CC(C#N)(C#N)CC1(c2cccc(Cl)c2)CO1. The Hall–Kier alpha value is -1.55. The predicted octanol–water partition coefficient (Wildman–Crippen LogP) is 3.01. The summed E-state index contributed by atoms with van der Waals surface area (Å²) in [5.74, 6) is 0. The zero-order valence-electron chi connectivity index (χ0n) is 9.40. The molecule has 17 heavy (non-hydrogen) atoms. The Morgan fingerprint density at radius 2 is 2.12 bits per heavy atom. The van der Waals surface area contributed by atoms with Gasteiger partial charge in [0.2, 0.25) is 0 Å². The van der Waals surface area contributed by atoms with Gasteiger partial charge >= 0.3 is 0 Å². The van der Waals surface area contributed by atoms with E-state index in [4.69, 9.17) is 26.9 Å². The molecule has 0 N–H and O–H groups in total. The van der Waals surface area contributed by atoms with Gasteiger partial charge in [0.05, 0.1) is 18.7 Å². The minimum Gasteiger partial charge on any atom is -0.364 e. The van der Waals surface area contributed by atoms with Gasteiger partial charge in [-0.2, -0.15) is 10.5 Å². The van der Waals surface area contributed by atoms with Crippen molar-refractivity contribution in [3.8, 4) is 12.1 Å². The quantitative estimate of drug-likeness (QED) is 0.771. The minimum absolute atomic E-state index is 0.368. The van der Waals surface area contributed by atoms with Crippen LogP contribution in [-0.2, 0) is 10.3 Å². The summed E-state index contributed by atoms with van der Waals surface area (Å²) in [6.07, 6.45) is 0.368. The number of nitriles is 2. The first-order chi connectivity index (χ1) is 8.03. The zero-order valence-corrected chi connectivity index (χ0v) is 10.2. The van der Waals surface area contributed by atoms with Gasteiger partial charge in [-0.15, -0.1) is 0 Å². The number of benzene rings is 1. The first-order valence-electron chi connectivity index (χ1n) is 5.26. The third kappa shape index (κ3) is 2.26. The summed E-state index contributed by atoms with van der Waals surface area (Å²) in [6.45, 7) is 2.16. The van der Waals surface area contributed by atoms with E-state index in [1.807, 2.05) is 30.3 Å². The molecule has 2 rings (SSSR count). The molecule has 0 aromatic heterocycles. The second-order valence-corrected chi connectivity index (χ2v) is 4.96. The van der Waals surface area contributed by atoms with Gasteiger partial charge in [0, 0.05) is 11.4 Å². The van der Waals surface area contributed by atoms with Crippen LogP contribution in [0.2, 0.25) is 5.02 Å². The highest BCUT2D eigenvalue weighted by Crippen LogP contribution is 2.47. The van der Waals surface area contributed by atoms with E-state index in [-0.39, 0.29) is 0 Å². The fraction of sp³-hybridized carbons (Fsp3) is 0.385. The van der Waals surface area contributed by atoms with Crippen molar-refractivity contribution in [2.75, 3.05) is 6.61 Å². The van der Waals surface area contributed by atoms with E-state index in [1.165, 1.54) is 0 Å². The molecule has 1 aromatic carbocycles. The Morgan fingerprint density at radius 1 is 1.47 bits per heavy atom. The van der Waals surface area contributed by atoms with Gasteiger partial charge in [-0.25, -0.2) is 0 Å². The average molecular weight is 247 g/mol. The standard InChI is InChI=1S/C13H11ClN2O/c1-12(7-15,8-16)6-13(9-17-13)10-3-2-4-11(14)5-10/h2-5H,6,9H2,1H3. The average Bonchev–Trinajstić information content (AvgIpc) is 3.10. The fourth-order valence-corrected chi connectivity index (χ4v) is 2.10. The summed E-state index contributed by atoms with van der Waals surface area (Å²) >= 11 is 5.93. The van der Waals surface area contributed by atoms with Gasteiger partial charge in [-0.3, -0.25) is 0 Å². The molecule has 1 fully saturated rings. The second-order valence-electron chi connectivity index (χ2n) is 4.53. The molecule has 1 aliphatic rings. The van der Waals surface area contributed by atoms with Crippen molar-refractivity contribution in [3.05, 3.63) is 34.9 Å². The van der Waals surface area contributed by atoms with E-state index in [9.17, 15) is 0 Å². The summed E-state index contributed by atoms with van der Waals surface area (Å²) in [4.78, 5) is 0. The Bertz CT molecular complexity index is 509. The monoisotopic (exact) mass is 246 g/mol. The zero-order chi connectivity index (χ0) is 12.5. The van der Waals surface area contributed by atoms with E-state index in [2.05, 4.69) is 0 Å². The summed E-state index contributed by atoms with van der Waals surface area (Å²) in [6, 6.07) is 11.4. The van der Waals surface area contributed by atoms with Crippen LogP contribution in [-0.4, -0.2) is 6.61 Å². The maximum Gasteiger partial charge on any atom is 0.144 e. The Labute approximate surface area is 105 Å². The molecule has 0 radical (unpaired) electrons. The van der Waals surface area contributed by atoms with Crippen LogP contribution in [0.3, 0.4) is 0 Å². The van der Waals surface area contributed by atoms with Crippen molar-refractivity contribution in [3.63, 3.8) is 0 Å². The van der Waals surface area contributed by atoms with Crippen LogP contribution in [0.25, 0.3) is 0 Å². The molecule has 4 heteroatoms. The lowest BCUT2D eigenvalue weighted by Gasteiger charge is -2.19. The molecule has 1 unspecified atom stereocenters. The smallest absolute Gasteiger partial charge is 0.144 e. The van der Waals surface area contributed by atoms with E-state index in [1.54, 1.807) is 13.0 Å². The lowest BCUT2D eigenvalue weighted by Crippen LogP contribution is -2.21. The first kappa shape index (κ1) is 11.9. The molecule has 86 valence electrons. The number of epoxide rings is 1. The van der Waals surface area contributed by atoms with Gasteiger partial charge in [0.15, 0.2) is 0 Å². The van der Waals surface area contributed by atoms with Gasteiger partial charge in [-0.1, -0.05) is 23.7 Å². The van der Waals surface area contributed by atoms with E-state index >= 15 is 0 Å². The van der Waals surface area contributed by atoms with Crippen LogP contribution >= 0.6 is 11.6 Å². The molecule has 1 aliphatic heterocycles. The fourth-order valence-electron chi connectivity index (χ4n) is 1.90. The van der Waals surface area contributed by atoms with Crippen LogP contribution < -0.4 is 0 Å². The summed E-state index contributed by atoms with van der Waals surface area (Å²) in [5, 5.41) is 18.7. The minimum atomic E-state index is -1.03. The van der Waals surface area contributed by atoms with Crippen LogP contribution in [0.4, 0.5) is 0 Å². The lowest BCUT2D eigenvalue weighted by atomic mass is 9.80. The van der Waals surface area contributed by atoms with E-state index < -0.39 is 11.0 Å². The molecular formula is C13H11ClN2O. The summed E-state index contributed by atoms with van der Waals surface area (Å²) in [7, 11) is 0. The lowest BCUT2D eigenvalue weighted by molar-refractivity contribution is 0.255. The molecule has 0 bridgehead atoms. The van der Waals surface area contributed by atoms with Crippen LogP contribution in [0.5, 0.6) is 0 Å². The number of halogens is 1. The van der Waals surface area contributed by atoms with Crippen LogP contribution in [0, 0.1) is 28.1 Å². The van der Waals surface area contributed by atoms with Gasteiger partial charge < -0.3 is 4.74 Å². The Balaban J connectivity index is 2.28. The van der Waals surface area contributed by atoms with Gasteiger partial charge in [0.25, 0.3) is 0 Å². The molecule has 1 aromatic rings. The summed E-state index contributed by atoms with van der Waals surface area (Å²) in [5.41, 5.74) is -0.606. The largest absolute Gasteiger partial charge is 0.364 e. The molecular weight excluding hydrogens is 236 g/mol. The maximum absolute atomic E-state index is 9.02. The van der Waals surface area contributed by atoms with E-state index in [0.717, 1.165) is 5.56 Å². The first-order valence-corrected chi connectivity index (χ1v) is 5.64. The number of hydrogen-bond acceptors (Lipinski definition) is 3. The number of rotatable bonds is 3. The summed E-state index contributed by atoms with van der Waals surface area (Å²) < 4.78 is 5.48. The molecule has 1 saturated heterocycles. The highest BCUT2D eigenvalue weighted by Gasteiger charge is 2.51. The number of ether oxygens (including phenoxy) is 1. The normalized spacial score (nSPS) is 22.6. The maximum atomic E-state index is 9.02. The van der Waals surface area contributed by atoms with Crippen LogP contribution in [0.1, 0.15) is 18.9 Å². The third-order valence-electron chi connectivity index (χ3n) is 2.98. The van der Waals surface area contributed by atoms with Crippen molar-refractivity contribution in [2.45, 2.75) is 18.9 Å². The van der Waals surface area contributed by atoms with Gasteiger partial charge in [-0.05, 0) is 24.6 Å². The Kier molecular flexibility index (Phi) is 2.83.